The number of alkyl halides is 3. The van der Waals surface area contributed by atoms with Gasteiger partial charge in [-0.25, -0.2) is 9.37 Å². The van der Waals surface area contributed by atoms with Crippen molar-refractivity contribution in [3.8, 4) is 17.6 Å². The van der Waals surface area contributed by atoms with Crippen LogP contribution in [0.1, 0.15) is 17.0 Å². The molecule has 0 bridgehead atoms. The predicted octanol–water partition coefficient (Wildman–Crippen LogP) is 3.88. The molecule has 2 aliphatic heterocycles. The summed E-state index contributed by atoms with van der Waals surface area (Å²) >= 11 is 5.91. The Hall–Kier alpha value is -4.28. The lowest BCUT2D eigenvalue weighted by Gasteiger charge is -2.15. The van der Waals surface area contributed by atoms with Crippen LogP contribution in [0.2, 0.25) is 5.02 Å². The summed E-state index contributed by atoms with van der Waals surface area (Å²) in [6.45, 7) is -0.295. The van der Waals surface area contributed by atoms with E-state index in [2.05, 4.69) is 20.5 Å². The minimum Gasteiger partial charge on any atom is -0.449 e. The monoisotopic (exact) mass is 532 g/mol. The molecule has 5 rings (SSSR count). The van der Waals surface area contributed by atoms with Gasteiger partial charge in [-0.05, 0) is 36.4 Å². The highest BCUT2D eigenvalue weighted by Gasteiger charge is 2.44. The average Bonchev–Trinajstić information content (AvgIpc) is 3.63. The van der Waals surface area contributed by atoms with Gasteiger partial charge in [-0.15, -0.1) is 0 Å². The molecular formula is C23H13ClF4N6O3. The van der Waals surface area contributed by atoms with E-state index in [9.17, 15) is 22.4 Å². The summed E-state index contributed by atoms with van der Waals surface area (Å²) in [6, 6.07) is 8.05. The standard InChI is InChI=1S/C23H13ClF4N6O3/c24-12-3-11(7-29)4-15(5-12)36-19-20(23(26,27)28)31-10-34(22(19)35)9-14-6-16(18-21(37-18)33-32-14)17-2-1-13(25)8-30-17/h1-6,8,10,18,21,33H,9H2. The van der Waals surface area contributed by atoms with Gasteiger partial charge in [0.1, 0.15) is 17.7 Å². The van der Waals surface area contributed by atoms with Crippen molar-refractivity contribution in [2.24, 2.45) is 5.10 Å². The van der Waals surface area contributed by atoms with Gasteiger partial charge in [-0.3, -0.25) is 19.8 Å². The molecule has 0 saturated carbocycles. The number of nitriles is 1. The van der Waals surface area contributed by atoms with Crippen molar-refractivity contribution in [1.82, 2.24) is 20.0 Å². The fourth-order valence-electron chi connectivity index (χ4n) is 3.59. The summed E-state index contributed by atoms with van der Waals surface area (Å²) in [7, 11) is 0. The highest BCUT2D eigenvalue weighted by molar-refractivity contribution is 6.30. The summed E-state index contributed by atoms with van der Waals surface area (Å²) in [5.41, 5.74) is 1.26. The minimum absolute atomic E-state index is 0.0204. The number of nitrogens with zero attached hydrogens (tertiary/aromatic N) is 5. The number of epoxide rings is 1. The zero-order valence-corrected chi connectivity index (χ0v) is 19.1. The number of ether oxygens (including phenoxy) is 2. The molecule has 1 fully saturated rings. The Morgan fingerprint density at radius 3 is 2.76 bits per heavy atom. The number of nitrogens with one attached hydrogen (secondary N) is 1. The van der Waals surface area contributed by atoms with Crippen LogP contribution >= 0.6 is 11.6 Å². The molecule has 1 aromatic carbocycles. The molecule has 2 unspecified atom stereocenters. The van der Waals surface area contributed by atoms with Crippen LogP contribution < -0.4 is 15.7 Å². The van der Waals surface area contributed by atoms with Gasteiger partial charge in [-0.2, -0.15) is 23.5 Å². The van der Waals surface area contributed by atoms with E-state index in [4.69, 9.17) is 26.3 Å². The first-order chi connectivity index (χ1) is 17.6. The van der Waals surface area contributed by atoms with E-state index in [1.807, 2.05) is 0 Å². The van der Waals surface area contributed by atoms with Crippen molar-refractivity contribution >= 4 is 22.9 Å². The fraction of sp³-hybridized carbons (Fsp3) is 0.174. The minimum atomic E-state index is -5.01. The number of benzene rings is 1. The first-order valence-electron chi connectivity index (χ1n) is 10.5. The largest absolute Gasteiger partial charge is 0.449 e. The predicted molar refractivity (Wildman–Crippen MR) is 121 cm³/mol. The van der Waals surface area contributed by atoms with Gasteiger partial charge in [-0.1, -0.05) is 11.6 Å². The molecule has 0 spiro atoms. The SMILES string of the molecule is N#Cc1cc(Cl)cc(Oc2c(C(F)(F)F)ncn(CC3=NNC4OC4C(c4ccc(F)cn4)=C3)c2=O)c1. The van der Waals surface area contributed by atoms with E-state index in [1.165, 1.54) is 18.2 Å². The number of halogens is 5. The molecule has 2 aromatic heterocycles. The maximum absolute atomic E-state index is 13.7. The van der Waals surface area contributed by atoms with E-state index in [0.29, 0.717) is 11.3 Å². The van der Waals surface area contributed by atoms with Gasteiger partial charge in [0.05, 0.1) is 42.1 Å². The van der Waals surface area contributed by atoms with Crippen LogP contribution in [-0.4, -0.2) is 32.6 Å². The third-order valence-corrected chi connectivity index (χ3v) is 5.51. The van der Waals surface area contributed by atoms with Gasteiger partial charge in [0.25, 0.3) is 5.56 Å². The van der Waals surface area contributed by atoms with Gasteiger partial charge in [0.15, 0.2) is 11.9 Å². The molecule has 2 atom stereocenters. The van der Waals surface area contributed by atoms with Crippen LogP contribution in [0.15, 0.2) is 58.8 Å². The van der Waals surface area contributed by atoms with E-state index in [-0.39, 0.29) is 28.6 Å². The maximum atomic E-state index is 13.7. The Labute approximate surface area is 210 Å². The first kappa shape index (κ1) is 24.4. The molecule has 1 saturated heterocycles. The number of aromatic nitrogens is 3. The molecule has 37 heavy (non-hydrogen) atoms. The van der Waals surface area contributed by atoms with Crippen LogP contribution in [0.5, 0.6) is 11.5 Å². The van der Waals surface area contributed by atoms with Crippen molar-refractivity contribution in [2.75, 3.05) is 0 Å². The van der Waals surface area contributed by atoms with Crippen LogP contribution in [0.25, 0.3) is 5.57 Å². The van der Waals surface area contributed by atoms with Crippen LogP contribution in [-0.2, 0) is 17.5 Å². The number of hydrazone groups is 1. The molecule has 2 aliphatic rings. The Balaban J connectivity index is 1.52. The molecule has 1 N–H and O–H groups in total. The fourth-order valence-corrected chi connectivity index (χ4v) is 3.82. The number of rotatable bonds is 5. The number of fused-ring (bicyclic) bond motifs is 1. The molecule has 188 valence electrons. The smallest absolute Gasteiger partial charge is 0.437 e. The summed E-state index contributed by atoms with van der Waals surface area (Å²) in [5, 5.41) is 13.3. The summed E-state index contributed by atoms with van der Waals surface area (Å²) in [5.74, 6) is -1.88. The number of allylic oxidation sites excluding steroid dienone is 1. The van der Waals surface area contributed by atoms with Crippen LogP contribution in [0.4, 0.5) is 17.6 Å². The quantitative estimate of drug-likeness (QED) is 0.391. The highest BCUT2D eigenvalue weighted by atomic mass is 35.5. The lowest BCUT2D eigenvalue weighted by atomic mass is 10.1. The van der Waals surface area contributed by atoms with Crippen molar-refractivity contribution in [1.29, 1.82) is 5.26 Å². The summed E-state index contributed by atoms with van der Waals surface area (Å²) in [4.78, 5) is 20.6. The van der Waals surface area contributed by atoms with Crippen molar-refractivity contribution in [3.05, 3.63) is 87.1 Å². The average molecular weight is 533 g/mol. The first-order valence-corrected chi connectivity index (χ1v) is 10.9. The van der Waals surface area contributed by atoms with Gasteiger partial charge in [0, 0.05) is 10.6 Å². The molecule has 14 heteroatoms. The van der Waals surface area contributed by atoms with E-state index < -0.39 is 41.3 Å². The van der Waals surface area contributed by atoms with E-state index in [1.54, 1.807) is 12.1 Å². The second-order valence-electron chi connectivity index (χ2n) is 7.91. The van der Waals surface area contributed by atoms with Crippen molar-refractivity contribution < 1.29 is 27.0 Å². The molecule has 0 radical (unpaired) electrons. The summed E-state index contributed by atoms with van der Waals surface area (Å²) < 4.78 is 65.9. The van der Waals surface area contributed by atoms with Gasteiger partial charge >= 0.3 is 6.18 Å². The molecule has 4 heterocycles. The Morgan fingerprint density at radius 1 is 1.24 bits per heavy atom. The number of hydrogen-bond acceptors (Lipinski definition) is 8. The van der Waals surface area contributed by atoms with Gasteiger partial charge in [0.2, 0.25) is 5.75 Å². The second-order valence-corrected chi connectivity index (χ2v) is 8.35. The zero-order chi connectivity index (χ0) is 26.3. The molecule has 0 aliphatic carbocycles. The Kier molecular flexibility index (Phi) is 6.14. The third-order valence-electron chi connectivity index (χ3n) is 5.30. The van der Waals surface area contributed by atoms with Crippen molar-refractivity contribution in [2.45, 2.75) is 25.1 Å². The lowest BCUT2D eigenvalue weighted by Crippen LogP contribution is -2.29. The van der Waals surface area contributed by atoms with Gasteiger partial charge < -0.3 is 9.47 Å². The molecule has 0 amide bonds. The Morgan fingerprint density at radius 2 is 2.05 bits per heavy atom. The molecule has 3 aromatic rings. The lowest BCUT2D eigenvalue weighted by molar-refractivity contribution is -0.142. The van der Waals surface area contributed by atoms with Crippen LogP contribution in [0, 0.1) is 17.1 Å². The number of hydrogen-bond donors (Lipinski definition) is 1. The zero-order valence-electron chi connectivity index (χ0n) is 18.3. The number of pyridine rings is 1. The van der Waals surface area contributed by atoms with E-state index >= 15 is 0 Å². The molecule has 9 nitrogen and oxygen atoms in total. The molecular weight excluding hydrogens is 520 g/mol. The second kappa shape index (κ2) is 9.30. The van der Waals surface area contributed by atoms with Crippen LogP contribution in [0.3, 0.4) is 0 Å². The highest BCUT2D eigenvalue weighted by Crippen LogP contribution is 2.36. The maximum Gasteiger partial charge on any atom is 0.437 e. The van der Waals surface area contributed by atoms with Crippen molar-refractivity contribution in [3.63, 3.8) is 0 Å². The normalized spacial score (nSPS) is 18.5. The van der Waals surface area contributed by atoms with E-state index in [0.717, 1.165) is 29.2 Å². The third kappa shape index (κ3) is 5.16. The Bertz CT molecular complexity index is 1550. The summed E-state index contributed by atoms with van der Waals surface area (Å²) in [6.07, 6.45) is -2.61. The topological polar surface area (TPSA) is 118 Å².